The molecule has 0 aliphatic carbocycles. The van der Waals surface area contributed by atoms with Gasteiger partial charge in [-0.05, 0) is 58.9 Å². The molecular formula is C40H39F3N2O7S. The number of hydrogen-bond acceptors (Lipinski definition) is 7. The van der Waals surface area contributed by atoms with Crippen molar-refractivity contribution in [3.8, 4) is 11.1 Å². The van der Waals surface area contributed by atoms with Crippen LogP contribution in [0.25, 0.3) is 11.1 Å². The molecule has 9 nitrogen and oxygen atoms in total. The van der Waals surface area contributed by atoms with Crippen molar-refractivity contribution >= 4 is 29.5 Å². The molecule has 278 valence electrons. The van der Waals surface area contributed by atoms with Crippen LogP contribution in [0.3, 0.4) is 0 Å². The Labute approximate surface area is 309 Å². The average Bonchev–Trinajstić information content (AvgIpc) is 3.66. The average molecular weight is 749 g/mol. The van der Waals surface area contributed by atoms with Gasteiger partial charge in [-0.1, -0.05) is 85.8 Å². The van der Waals surface area contributed by atoms with Gasteiger partial charge in [-0.15, -0.1) is 11.8 Å². The van der Waals surface area contributed by atoms with Crippen molar-refractivity contribution in [3.63, 3.8) is 0 Å². The van der Waals surface area contributed by atoms with Gasteiger partial charge in [-0.3, -0.25) is 9.59 Å². The number of alkyl halides is 3. The third-order valence-electron chi connectivity index (χ3n) is 9.61. The first-order chi connectivity index (χ1) is 25.4. The Bertz CT molecular complexity index is 1920. The van der Waals surface area contributed by atoms with E-state index in [9.17, 15) is 37.8 Å². The quantitative estimate of drug-likeness (QED) is 0.137. The van der Waals surface area contributed by atoms with E-state index in [0.29, 0.717) is 22.0 Å². The summed E-state index contributed by atoms with van der Waals surface area (Å²) in [5.41, 5.74) is 5.17. The van der Waals surface area contributed by atoms with Gasteiger partial charge in [0.2, 0.25) is 5.91 Å². The number of carbonyl (C=O) groups excluding carboxylic acids is 2. The first-order valence-corrected chi connectivity index (χ1v) is 18.2. The van der Waals surface area contributed by atoms with Gasteiger partial charge in [-0.25, -0.2) is 4.79 Å². The summed E-state index contributed by atoms with van der Waals surface area (Å²) in [4.78, 5) is 37.7. The molecule has 0 spiro atoms. The summed E-state index contributed by atoms with van der Waals surface area (Å²) >= 11 is 1.42. The molecular weight excluding hydrogens is 710 g/mol. The van der Waals surface area contributed by atoms with Crippen molar-refractivity contribution < 1.29 is 47.2 Å². The lowest BCUT2D eigenvalue weighted by molar-refractivity contribution is -0.268. The molecule has 4 aromatic rings. The number of likely N-dealkylation sites (tertiary alicyclic amines) is 1. The number of aromatic carboxylic acids is 1. The molecule has 2 heterocycles. The topological polar surface area (TPSA) is 125 Å². The van der Waals surface area contributed by atoms with Crippen LogP contribution < -0.4 is 5.32 Å². The molecule has 6 rings (SSSR count). The van der Waals surface area contributed by atoms with E-state index in [1.165, 1.54) is 11.8 Å². The maximum Gasteiger partial charge on any atom is 0.471 e. The lowest BCUT2D eigenvalue weighted by Crippen LogP contribution is -2.50. The fraction of sp³-hybridized carbons (Fsp3) is 0.325. The van der Waals surface area contributed by atoms with Gasteiger partial charge >= 0.3 is 18.1 Å². The third kappa shape index (κ3) is 8.93. The van der Waals surface area contributed by atoms with Crippen LogP contribution in [0.1, 0.15) is 64.8 Å². The highest BCUT2D eigenvalue weighted by Gasteiger charge is 2.47. The van der Waals surface area contributed by atoms with Crippen molar-refractivity contribution in [1.82, 2.24) is 10.2 Å². The number of thioether (sulfide) groups is 1. The molecule has 53 heavy (non-hydrogen) atoms. The highest BCUT2D eigenvalue weighted by molar-refractivity contribution is 7.99. The number of carboxylic acids is 1. The Balaban J connectivity index is 1.16. The predicted molar refractivity (Wildman–Crippen MR) is 192 cm³/mol. The zero-order chi connectivity index (χ0) is 37.7. The van der Waals surface area contributed by atoms with Gasteiger partial charge in [0.15, 0.2) is 6.29 Å². The van der Waals surface area contributed by atoms with Crippen molar-refractivity contribution in [1.29, 1.82) is 0 Å². The number of nitrogens with one attached hydrogen (secondary N) is 1. The third-order valence-corrected chi connectivity index (χ3v) is 10.8. The SMILES string of the molecule is C[C@@H]1[C@H](CSc2ccccc2C(=O)O)O[C@H](c2ccc(-c3cccc(CNC(=O)[C@@H]4CCCN4C(=O)C(F)(F)F)c3)cc2)O[C@@H]1c1ccc(CO)cc1. The second-order valence-electron chi connectivity index (χ2n) is 13.1. The minimum absolute atomic E-state index is 0.0774. The summed E-state index contributed by atoms with van der Waals surface area (Å²) in [5, 5.41) is 22.0. The standard InChI is InChI=1S/C40H39F3N2O7S/c1-24-33(23-53-34-10-3-2-8-31(34)37(48)49)51-38(52-35(24)28-13-11-25(22-46)12-14-28)29-17-15-27(16-18-29)30-7-4-6-26(20-30)21-44-36(47)32-9-5-19-45(32)39(50)40(41,42)43/h2-4,6-8,10-18,20,24,32-33,35,38,46H,5,9,19,21-23H2,1H3,(H,44,47)(H,48,49)/t24-,32+,33+,35+,38+/m1/s1. The van der Waals surface area contributed by atoms with Crippen molar-refractivity contribution in [3.05, 3.63) is 125 Å². The lowest BCUT2D eigenvalue weighted by Gasteiger charge is -2.41. The molecule has 2 amide bonds. The Hall–Kier alpha value is -4.69. The van der Waals surface area contributed by atoms with Gasteiger partial charge in [0.05, 0.1) is 24.4 Å². The zero-order valence-corrected chi connectivity index (χ0v) is 29.6. The zero-order valence-electron chi connectivity index (χ0n) is 28.8. The summed E-state index contributed by atoms with van der Waals surface area (Å²) in [5.74, 6) is -3.23. The van der Waals surface area contributed by atoms with Gasteiger partial charge in [0, 0.05) is 35.2 Å². The summed E-state index contributed by atoms with van der Waals surface area (Å²) in [7, 11) is 0. The van der Waals surface area contributed by atoms with Gasteiger partial charge in [-0.2, -0.15) is 13.2 Å². The maximum absolute atomic E-state index is 13.0. The van der Waals surface area contributed by atoms with E-state index in [4.69, 9.17) is 9.47 Å². The van der Waals surface area contributed by atoms with Crippen LogP contribution in [0.5, 0.6) is 0 Å². The summed E-state index contributed by atoms with van der Waals surface area (Å²) in [6.07, 6.45) is -5.94. The van der Waals surface area contributed by atoms with E-state index in [-0.39, 0.29) is 49.8 Å². The fourth-order valence-electron chi connectivity index (χ4n) is 6.70. The first-order valence-electron chi connectivity index (χ1n) is 17.2. The summed E-state index contributed by atoms with van der Waals surface area (Å²) in [6, 6.07) is 28.4. The van der Waals surface area contributed by atoms with Crippen molar-refractivity contribution in [2.75, 3.05) is 12.3 Å². The molecule has 2 saturated heterocycles. The molecule has 2 fully saturated rings. The van der Waals surface area contributed by atoms with Crippen molar-refractivity contribution in [2.24, 2.45) is 5.92 Å². The van der Waals surface area contributed by atoms with Gasteiger partial charge in [0.25, 0.3) is 0 Å². The van der Waals surface area contributed by atoms with E-state index < -0.39 is 36.3 Å². The molecule has 2 aliphatic rings. The van der Waals surface area contributed by atoms with Crippen LogP contribution in [0.15, 0.2) is 102 Å². The number of hydrogen-bond donors (Lipinski definition) is 3. The number of ether oxygens (including phenoxy) is 2. The van der Waals surface area contributed by atoms with E-state index >= 15 is 0 Å². The smallest absolute Gasteiger partial charge is 0.471 e. The van der Waals surface area contributed by atoms with Crippen LogP contribution in [-0.2, 0) is 32.2 Å². The van der Waals surface area contributed by atoms with E-state index in [1.807, 2.05) is 73.7 Å². The monoisotopic (exact) mass is 748 g/mol. The molecule has 0 saturated carbocycles. The van der Waals surface area contributed by atoms with Crippen LogP contribution >= 0.6 is 11.8 Å². The molecule has 0 aromatic heterocycles. The van der Waals surface area contributed by atoms with Crippen molar-refractivity contribution in [2.45, 2.75) is 68.5 Å². The highest BCUT2D eigenvalue weighted by atomic mass is 32.2. The van der Waals surface area contributed by atoms with E-state index in [1.54, 1.807) is 30.3 Å². The number of carboxylic acid groups (broad SMARTS) is 1. The Kier molecular flexibility index (Phi) is 11.9. The molecule has 13 heteroatoms. The minimum Gasteiger partial charge on any atom is -0.478 e. The second-order valence-corrected chi connectivity index (χ2v) is 14.2. The molecule has 0 bridgehead atoms. The molecule has 4 aromatic carbocycles. The van der Waals surface area contributed by atoms with Crippen LogP contribution in [-0.4, -0.2) is 63.5 Å². The van der Waals surface area contributed by atoms with Crippen LogP contribution in [0, 0.1) is 5.92 Å². The number of amides is 2. The van der Waals surface area contributed by atoms with Gasteiger partial charge < -0.3 is 29.9 Å². The number of aliphatic hydroxyl groups is 1. The summed E-state index contributed by atoms with van der Waals surface area (Å²) < 4.78 is 52.2. The number of carbonyl (C=O) groups is 3. The number of halogens is 3. The van der Waals surface area contributed by atoms with Crippen LogP contribution in [0.2, 0.25) is 0 Å². The van der Waals surface area contributed by atoms with E-state index in [0.717, 1.165) is 33.4 Å². The molecule has 0 unspecified atom stereocenters. The number of benzene rings is 4. The molecule has 2 aliphatic heterocycles. The molecule has 5 atom stereocenters. The van der Waals surface area contributed by atoms with Gasteiger partial charge in [0.1, 0.15) is 6.04 Å². The molecule has 3 N–H and O–H groups in total. The predicted octanol–water partition coefficient (Wildman–Crippen LogP) is 7.30. The minimum atomic E-state index is -5.04. The Morgan fingerprint density at radius 2 is 1.60 bits per heavy atom. The second kappa shape index (κ2) is 16.5. The Morgan fingerprint density at radius 1 is 0.887 bits per heavy atom. The van der Waals surface area contributed by atoms with E-state index in [2.05, 4.69) is 5.32 Å². The Morgan fingerprint density at radius 3 is 2.30 bits per heavy atom. The molecule has 0 radical (unpaired) electrons. The fourth-order valence-corrected chi connectivity index (χ4v) is 7.91. The van der Waals surface area contributed by atoms with Crippen LogP contribution in [0.4, 0.5) is 13.2 Å². The maximum atomic E-state index is 13.0. The largest absolute Gasteiger partial charge is 0.478 e. The number of nitrogens with zero attached hydrogens (tertiary/aromatic N) is 1. The number of rotatable bonds is 11. The summed E-state index contributed by atoms with van der Waals surface area (Å²) in [6.45, 7) is 1.93. The lowest BCUT2D eigenvalue weighted by atomic mass is 9.91. The normalized spacial score (nSPS) is 21.7. The first kappa shape index (κ1) is 38.0. The highest BCUT2D eigenvalue weighted by Crippen LogP contribution is 2.43. The number of aliphatic hydroxyl groups excluding tert-OH is 1.